The Morgan fingerprint density at radius 3 is 1.91 bits per heavy atom. The quantitative estimate of drug-likeness (QED) is 0.598. The zero-order valence-electron chi connectivity index (χ0n) is 19.7. The summed E-state index contributed by atoms with van der Waals surface area (Å²) in [5, 5.41) is 2.94. The lowest BCUT2D eigenvalue weighted by Crippen LogP contribution is -2.48. The summed E-state index contributed by atoms with van der Waals surface area (Å²) < 4.78 is 10.6. The molecular weight excluding hydrogens is 430 g/mol. The molecule has 1 N–H and O–H groups in total. The summed E-state index contributed by atoms with van der Waals surface area (Å²) in [5.74, 6) is 1.02. The van der Waals surface area contributed by atoms with E-state index in [1.165, 1.54) is 0 Å². The maximum Gasteiger partial charge on any atom is 0.255 e. The number of nitrogens with zero attached hydrogens (tertiary/aromatic N) is 2. The van der Waals surface area contributed by atoms with E-state index in [2.05, 4.69) is 10.2 Å². The lowest BCUT2D eigenvalue weighted by Gasteiger charge is -2.36. The predicted molar refractivity (Wildman–Crippen MR) is 133 cm³/mol. The Balaban J connectivity index is 1.34. The van der Waals surface area contributed by atoms with Crippen LogP contribution >= 0.6 is 0 Å². The lowest BCUT2D eigenvalue weighted by molar-refractivity contribution is 0.0746. The highest BCUT2D eigenvalue weighted by Gasteiger charge is 2.23. The molecule has 0 unspecified atom stereocenters. The van der Waals surface area contributed by atoms with Crippen LogP contribution in [0.15, 0.2) is 66.7 Å². The van der Waals surface area contributed by atoms with Crippen LogP contribution in [0.25, 0.3) is 0 Å². The van der Waals surface area contributed by atoms with Gasteiger partial charge in [0.1, 0.15) is 11.5 Å². The smallest absolute Gasteiger partial charge is 0.255 e. The van der Waals surface area contributed by atoms with Gasteiger partial charge < -0.3 is 24.6 Å². The van der Waals surface area contributed by atoms with Crippen LogP contribution in [0, 0.1) is 6.92 Å². The standard InChI is InChI=1S/C27H29N3O4/c1-19-4-6-20(7-5-19)26(31)28-22-8-10-23(11-9-22)29-12-14-30(15-13-29)27(32)21-16-24(33-2)18-25(17-21)34-3/h4-11,16-18H,12-15H2,1-3H3,(H,28,31). The van der Waals surface area contributed by atoms with Crippen molar-refractivity contribution in [3.05, 3.63) is 83.4 Å². The van der Waals surface area contributed by atoms with Gasteiger partial charge in [-0.2, -0.15) is 0 Å². The average molecular weight is 460 g/mol. The zero-order valence-corrected chi connectivity index (χ0v) is 19.7. The topological polar surface area (TPSA) is 71.1 Å². The SMILES string of the molecule is COc1cc(OC)cc(C(=O)N2CCN(c3ccc(NC(=O)c4ccc(C)cc4)cc3)CC2)c1. The number of hydrogen-bond donors (Lipinski definition) is 1. The number of methoxy groups -OCH3 is 2. The van der Waals surface area contributed by atoms with E-state index < -0.39 is 0 Å². The average Bonchev–Trinajstić information content (AvgIpc) is 2.88. The molecule has 7 heteroatoms. The fraction of sp³-hybridized carbons (Fsp3) is 0.259. The molecule has 0 aromatic heterocycles. The highest BCUT2D eigenvalue weighted by molar-refractivity contribution is 6.04. The van der Waals surface area contributed by atoms with Gasteiger partial charge in [-0.1, -0.05) is 17.7 Å². The second-order valence-corrected chi connectivity index (χ2v) is 8.25. The third-order valence-corrected chi connectivity index (χ3v) is 5.97. The van der Waals surface area contributed by atoms with Gasteiger partial charge in [0.05, 0.1) is 14.2 Å². The van der Waals surface area contributed by atoms with E-state index in [9.17, 15) is 9.59 Å². The molecule has 0 spiro atoms. The van der Waals surface area contributed by atoms with Gasteiger partial charge in [0.15, 0.2) is 0 Å². The summed E-state index contributed by atoms with van der Waals surface area (Å²) in [7, 11) is 3.14. The predicted octanol–water partition coefficient (Wildman–Crippen LogP) is 4.23. The van der Waals surface area contributed by atoms with Crippen LogP contribution in [-0.2, 0) is 0 Å². The molecule has 0 saturated carbocycles. The van der Waals surface area contributed by atoms with Gasteiger partial charge in [-0.25, -0.2) is 0 Å². The van der Waals surface area contributed by atoms with Crippen molar-refractivity contribution in [3.63, 3.8) is 0 Å². The molecule has 1 saturated heterocycles. The molecule has 0 aliphatic carbocycles. The number of carbonyl (C=O) groups is 2. The molecule has 0 atom stereocenters. The number of rotatable bonds is 6. The molecule has 4 rings (SSSR count). The van der Waals surface area contributed by atoms with Crippen molar-refractivity contribution in [1.82, 2.24) is 4.90 Å². The maximum absolute atomic E-state index is 13.0. The normalized spacial score (nSPS) is 13.4. The number of carbonyl (C=O) groups excluding carboxylic acids is 2. The molecule has 0 bridgehead atoms. The minimum absolute atomic E-state index is 0.0361. The van der Waals surface area contributed by atoms with Crippen molar-refractivity contribution in [2.45, 2.75) is 6.92 Å². The molecule has 1 aliphatic heterocycles. The van der Waals surface area contributed by atoms with E-state index in [1.807, 2.05) is 60.4 Å². The van der Waals surface area contributed by atoms with E-state index in [4.69, 9.17) is 9.47 Å². The number of anilines is 2. The number of hydrogen-bond acceptors (Lipinski definition) is 5. The molecule has 7 nitrogen and oxygen atoms in total. The summed E-state index contributed by atoms with van der Waals surface area (Å²) in [6.45, 7) is 4.67. The molecule has 3 aromatic rings. The number of nitrogens with one attached hydrogen (secondary N) is 1. The second kappa shape index (κ2) is 10.3. The van der Waals surface area contributed by atoms with E-state index in [0.717, 1.165) is 30.0 Å². The van der Waals surface area contributed by atoms with Crippen LogP contribution in [0.4, 0.5) is 11.4 Å². The van der Waals surface area contributed by atoms with Crippen LogP contribution < -0.4 is 19.7 Å². The molecule has 34 heavy (non-hydrogen) atoms. The second-order valence-electron chi connectivity index (χ2n) is 8.25. The Morgan fingerprint density at radius 1 is 0.765 bits per heavy atom. The van der Waals surface area contributed by atoms with Crippen molar-refractivity contribution in [3.8, 4) is 11.5 Å². The zero-order chi connectivity index (χ0) is 24.1. The first-order chi connectivity index (χ1) is 16.5. The summed E-state index contributed by atoms with van der Waals surface area (Å²) in [4.78, 5) is 29.5. The minimum Gasteiger partial charge on any atom is -0.497 e. The highest BCUT2D eigenvalue weighted by atomic mass is 16.5. The Hall–Kier alpha value is -4.00. The summed E-state index contributed by atoms with van der Waals surface area (Å²) in [5.41, 5.74) is 4.10. The van der Waals surface area contributed by atoms with Crippen molar-refractivity contribution >= 4 is 23.2 Å². The first-order valence-corrected chi connectivity index (χ1v) is 11.2. The van der Waals surface area contributed by atoms with Crippen LogP contribution in [-0.4, -0.2) is 57.1 Å². The van der Waals surface area contributed by atoms with E-state index in [0.29, 0.717) is 35.7 Å². The number of aryl methyl sites for hydroxylation is 1. The first-order valence-electron chi connectivity index (χ1n) is 11.2. The molecule has 1 heterocycles. The number of amides is 2. The third kappa shape index (κ3) is 5.31. The monoisotopic (exact) mass is 459 g/mol. The van der Waals surface area contributed by atoms with Gasteiger partial charge >= 0.3 is 0 Å². The Morgan fingerprint density at radius 2 is 1.35 bits per heavy atom. The Kier molecular flexibility index (Phi) is 7.01. The van der Waals surface area contributed by atoms with Crippen molar-refractivity contribution in [2.24, 2.45) is 0 Å². The Bertz CT molecular complexity index is 1130. The maximum atomic E-state index is 13.0. The summed E-state index contributed by atoms with van der Waals surface area (Å²) >= 11 is 0. The van der Waals surface area contributed by atoms with E-state index >= 15 is 0 Å². The molecule has 3 aromatic carbocycles. The van der Waals surface area contributed by atoms with Gasteiger partial charge in [-0.05, 0) is 55.5 Å². The highest BCUT2D eigenvalue weighted by Crippen LogP contribution is 2.25. The number of piperazine rings is 1. The molecule has 0 radical (unpaired) electrons. The fourth-order valence-electron chi connectivity index (χ4n) is 3.95. The lowest BCUT2D eigenvalue weighted by atomic mass is 10.1. The summed E-state index contributed by atoms with van der Waals surface area (Å²) in [6.07, 6.45) is 0. The molecule has 2 amide bonds. The van der Waals surface area contributed by atoms with Gasteiger partial charge in [-0.3, -0.25) is 9.59 Å². The number of ether oxygens (including phenoxy) is 2. The van der Waals surface area contributed by atoms with E-state index in [-0.39, 0.29) is 11.8 Å². The van der Waals surface area contributed by atoms with Crippen molar-refractivity contribution < 1.29 is 19.1 Å². The minimum atomic E-state index is -0.131. The molecule has 1 fully saturated rings. The first kappa shape index (κ1) is 23.2. The van der Waals surface area contributed by atoms with Crippen LogP contribution in [0.5, 0.6) is 11.5 Å². The fourth-order valence-corrected chi connectivity index (χ4v) is 3.95. The van der Waals surface area contributed by atoms with Crippen molar-refractivity contribution in [2.75, 3.05) is 50.6 Å². The largest absolute Gasteiger partial charge is 0.497 e. The third-order valence-electron chi connectivity index (χ3n) is 5.97. The Labute approximate surface area is 199 Å². The van der Waals surface area contributed by atoms with Gasteiger partial charge in [0, 0.05) is 54.7 Å². The number of benzene rings is 3. The van der Waals surface area contributed by atoms with Crippen LogP contribution in [0.1, 0.15) is 26.3 Å². The molecular formula is C27H29N3O4. The molecule has 176 valence electrons. The van der Waals surface area contributed by atoms with Crippen molar-refractivity contribution in [1.29, 1.82) is 0 Å². The molecule has 1 aliphatic rings. The van der Waals surface area contributed by atoms with E-state index in [1.54, 1.807) is 32.4 Å². The summed E-state index contributed by atoms with van der Waals surface area (Å²) in [6, 6.07) is 20.5. The van der Waals surface area contributed by atoms with Gasteiger partial charge in [-0.15, -0.1) is 0 Å². The van der Waals surface area contributed by atoms with Gasteiger partial charge in [0.2, 0.25) is 0 Å². The van der Waals surface area contributed by atoms with Crippen LogP contribution in [0.3, 0.4) is 0 Å². The van der Waals surface area contributed by atoms with Gasteiger partial charge in [0.25, 0.3) is 11.8 Å². The van der Waals surface area contributed by atoms with Crippen LogP contribution in [0.2, 0.25) is 0 Å².